The zero-order valence-electron chi connectivity index (χ0n) is 7.64. The number of nitrogens with two attached hydrogens (primary N) is 1. The molecule has 14 heavy (non-hydrogen) atoms. The molecule has 0 amide bonds. The van der Waals surface area contributed by atoms with Crippen LogP contribution in [-0.4, -0.2) is 36.2 Å². The molecule has 1 aliphatic heterocycles. The largest absolute Gasteiger partial charge is 0.401 e. The maximum Gasteiger partial charge on any atom is 0.401 e. The van der Waals surface area contributed by atoms with E-state index in [1.165, 1.54) is 4.90 Å². The number of nitriles is 1. The molecule has 2 N–H and O–H groups in total. The predicted molar refractivity (Wildman–Crippen MR) is 44.3 cm³/mol. The Kier molecular flexibility index (Phi) is 3.02. The van der Waals surface area contributed by atoms with Crippen LogP contribution in [0.1, 0.15) is 12.8 Å². The molecule has 1 heterocycles. The highest BCUT2D eigenvalue weighted by Crippen LogP contribution is 2.23. The zero-order chi connectivity index (χ0) is 10.8. The molecule has 0 aromatic carbocycles. The number of piperidine rings is 1. The number of likely N-dealkylation sites (tertiary alicyclic amines) is 1. The minimum Gasteiger partial charge on any atom is -0.313 e. The van der Waals surface area contributed by atoms with Gasteiger partial charge < -0.3 is 5.73 Å². The van der Waals surface area contributed by atoms with E-state index in [1.54, 1.807) is 0 Å². The first-order valence-corrected chi connectivity index (χ1v) is 4.34. The van der Waals surface area contributed by atoms with E-state index in [0.717, 1.165) is 0 Å². The maximum atomic E-state index is 12.0. The zero-order valence-corrected chi connectivity index (χ0v) is 7.64. The van der Waals surface area contributed by atoms with Crippen LogP contribution in [0.3, 0.4) is 0 Å². The normalized spacial score (nSPS) is 23.1. The van der Waals surface area contributed by atoms with Gasteiger partial charge in [-0.1, -0.05) is 0 Å². The van der Waals surface area contributed by atoms with Crippen molar-refractivity contribution in [2.24, 2.45) is 5.73 Å². The van der Waals surface area contributed by atoms with Crippen LogP contribution in [0.2, 0.25) is 0 Å². The summed E-state index contributed by atoms with van der Waals surface area (Å²) in [5, 5.41) is 8.65. The summed E-state index contributed by atoms with van der Waals surface area (Å²) in [6.45, 7) is -0.429. The predicted octanol–water partition coefficient (Wildman–Crippen LogP) is 0.866. The van der Waals surface area contributed by atoms with Crippen molar-refractivity contribution in [3.63, 3.8) is 0 Å². The summed E-state index contributed by atoms with van der Waals surface area (Å²) in [6, 6.07) is 1.93. The van der Waals surface area contributed by atoms with Gasteiger partial charge in [0.25, 0.3) is 0 Å². The maximum absolute atomic E-state index is 12.0. The Bertz CT molecular complexity index is 235. The van der Waals surface area contributed by atoms with Gasteiger partial charge in [-0.25, -0.2) is 0 Å². The highest BCUT2D eigenvalue weighted by molar-refractivity contribution is 5.07. The molecule has 80 valence electrons. The Labute approximate surface area is 80.3 Å². The van der Waals surface area contributed by atoms with Gasteiger partial charge in [0.15, 0.2) is 0 Å². The molecule has 0 atom stereocenters. The van der Waals surface area contributed by atoms with Crippen LogP contribution in [0.25, 0.3) is 0 Å². The monoisotopic (exact) mass is 207 g/mol. The van der Waals surface area contributed by atoms with Gasteiger partial charge in [0.05, 0.1) is 12.6 Å². The third kappa shape index (κ3) is 3.16. The lowest BCUT2D eigenvalue weighted by Gasteiger charge is -2.34. The van der Waals surface area contributed by atoms with Crippen LogP contribution in [0, 0.1) is 11.3 Å². The van der Waals surface area contributed by atoms with Gasteiger partial charge in [0.2, 0.25) is 0 Å². The first-order chi connectivity index (χ1) is 6.35. The number of nitrogens with zero attached hydrogens (tertiary/aromatic N) is 2. The van der Waals surface area contributed by atoms with E-state index in [1.807, 2.05) is 6.07 Å². The van der Waals surface area contributed by atoms with E-state index >= 15 is 0 Å². The molecule has 0 radical (unpaired) electrons. The lowest BCUT2D eigenvalue weighted by Crippen LogP contribution is -2.51. The van der Waals surface area contributed by atoms with Crippen molar-refractivity contribution in [1.29, 1.82) is 5.26 Å². The molecule has 6 heteroatoms. The van der Waals surface area contributed by atoms with Crippen molar-refractivity contribution < 1.29 is 13.2 Å². The highest BCUT2D eigenvalue weighted by Gasteiger charge is 2.36. The van der Waals surface area contributed by atoms with Crippen LogP contribution in [0.15, 0.2) is 0 Å². The Hall–Kier alpha value is -0.800. The Balaban J connectivity index is 2.41. The molecule has 0 aromatic rings. The summed E-state index contributed by atoms with van der Waals surface area (Å²) in [5.41, 5.74) is 4.69. The fraction of sp³-hybridized carbons (Fsp3) is 0.875. The van der Waals surface area contributed by atoms with Crippen LogP contribution in [0.5, 0.6) is 0 Å². The van der Waals surface area contributed by atoms with Gasteiger partial charge in [-0.15, -0.1) is 0 Å². The summed E-state index contributed by atoms with van der Waals surface area (Å²) in [6.07, 6.45) is -3.56. The standard InChI is InChI=1S/C8H12F3N3/c9-8(10,11)6-14-3-1-7(13,5-12)2-4-14/h1-4,6,13H2. The van der Waals surface area contributed by atoms with E-state index < -0.39 is 18.3 Å². The highest BCUT2D eigenvalue weighted by atomic mass is 19.4. The van der Waals surface area contributed by atoms with Gasteiger partial charge >= 0.3 is 6.18 Å². The molecule has 1 rings (SSSR count). The van der Waals surface area contributed by atoms with Gasteiger partial charge in [-0.05, 0) is 12.8 Å². The second-order valence-electron chi connectivity index (χ2n) is 3.66. The Morgan fingerprint density at radius 1 is 1.36 bits per heavy atom. The smallest absolute Gasteiger partial charge is 0.313 e. The molecule has 3 nitrogen and oxygen atoms in total. The lowest BCUT2D eigenvalue weighted by molar-refractivity contribution is -0.148. The lowest BCUT2D eigenvalue weighted by atomic mass is 9.90. The summed E-state index contributed by atoms with van der Waals surface area (Å²) in [4.78, 5) is 1.28. The number of hydrogen-bond acceptors (Lipinski definition) is 3. The summed E-state index contributed by atoms with van der Waals surface area (Å²) in [5.74, 6) is 0. The SMILES string of the molecule is N#CC1(N)CCN(CC(F)(F)F)CC1. The van der Waals surface area contributed by atoms with Crippen molar-refractivity contribution in [2.75, 3.05) is 19.6 Å². The molecule has 0 spiro atoms. The molecule has 0 saturated carbocycles. The summed E-state index contributed by atoms with van der Waals surface area (Å²) >= 11 is 0. The van der Waals surface area contributed by atoms with Crippen LogP contribution in [0.4, 0.5) is 13.2 Å². The van der Waals surface area contributed by atoms with Crippen LogP contribution >= 0.6 is 0 Å². The molecule has 0 aliphatic carbocycles. The molecule has 1 saturated heterocycles. The van der Waals surface area contributed by atoms with Gasteiger partial charge in [-0.3, -0.25) is 4.90 Å². The van der Waals surface area contributed by atoms with Crippen LogP contribution in [-0.2, 0) is 0 Å². The van der Waals surface area contributed by atoms with E-state index in [4.69, 9.17) is 11.0 Å². The molecular weight excluding hydrogens is 195 g/mol. The number of hydrogen-bond donors (Lipinski definition) is 1. The second-order valence-corrected chi connectivity index (χ2v) is 3.66. The first kappa shape index (κ1) is 11.3. The van der Waals surface area contributed by atoms with E-state index in [0.29, 0.717) is 12.8 Å². The average Bonchev–Trinajstić information content (AvgIpc) is 2.07. The quantitative estimate of drug-likeness (QED) is 0.694. The fourth-order valence-corrected chi connectivity index (χ4v) is 1.48. The molecule has 0 unspecified atom stereocenters. The van der Waals surface area contributed by atoms with Crippen molar-refractivity contribution >= 4 is 0 Å². The molecular formula is C8H12F3N3. The second kappa shape index (κ2) is 3.75. The van der Waals surface area contributed by atoms with Crippen molar-refractivity contribution in [3.8, 4) is 6.07 Å². The summed E-state index contributed by atoms with van der Waals surface area (Å²) < 4.78 is 35.9. The van der Waals surface area contributed by atoms with Gasteiger partial charge in [0, 0.05) is 13.1 Å². The van der Waals surface area contributed by atoms with Crippen molar-refractivity contribution in [2.45, 2.75) is 24.6 Å². The van der Waals surface area contributed by atoms with E-state index in [9.17, 15) is 13.2 Å². The minimum atomic E-state index is -4.17. The first-order valence-electron chi connectivity index (χ1n) is 4.34. The van der Waals surface area contributed by atoms with E-state index in [2.05, 4.69) is 0 Å². The van der Waals surface area contributed by atoms with Crippen molar-refractivity contribution in [3.05, 3.63) is 0 Å². The molecule has 0 aromatic heterocycles. The third-order valence-electron chi connectivity index (χ3n) is 2.37. The topological polar surface area (TPSA) is 53.1 Å². The molecule has 1 aliphatic rings. The molecule has 0 bridgehead atoms. The van der Waals surface area contributed by atoms with Gasteiger partial charge in [0.1, 0.15) is 5.54 Å². The van der Waals surface area contributed by atoms with Gasteiger partial charge in [-0.2, -0.15) is 18.4 Å². The Morgan fingerprint density at radius 3 is 2.21 bits per heavy atom. The minimum absolute atomic E-state index is 0.240. The number of alkyl halides is 3. The molecule has 1 fully saturated rings. The van der Waals surface area contributed by atoms with E-state index in [-0.39, 0.29) is 13.1 Å². The van der Waals surface area contributed by atoms with Crippen LogP contribution < -0.4 is 5.73 Å². The average molecular weight is 207 g/mol. The summed E-state index contributed by atoms with van der Waals surface area (Å²) in [7, 11) is 0. The fourth-order valence-electron chi connectivity index (χ4n) is 1.48. The van der Waals surface area contributed by atoms with Crippen molar-refractivity contribution in [1.82, 2.24) is 4.90 Å². The third-order valence-corrected chi connectivity index (χ3v) is 2.37. The number of halogens is 3. The number of rotatable bonds is 1. The Morgan fingerprint density at radius 2 is 1.86 bits per heavy atom.